The number of hydrogen-bond acceptors (Lipinski definition) is 3. The Balaban J connectivity index is 1.97. The van der Waals surface area contributed by atoms with Gasteiger partial charge in [0, 0.05) is 20.0 Å². The maximum absolute atomic E-state index is 13.4. The van der Waals surface area contributed by atoms with Crippen LogP contribution in [0.25, 0.3) is 0 Å². The van der Waals surface area contributed by atoms with Crippen LogP contribution in [0.1, 0.15) is 28.2 Å². The summed E-state index contributed by atoms with van der Waals surface area (Å²) in [6.07, 6.45) is 0.899. The molecule has 0 N–H and O–H groups in total. The van der Waals surface area contributed by atoms with Gasteiger partial charge in [-0.2, -0.15) is 0 Å². The van der Waals surface area contributed by atoms with Crippen LogP contribution in [0.15, 0.2) is 48.5 Å². The Labute approximate surface area is 158 Å². The van der Waals surface area contributed by atoms with Crippen LogP contribution in [0.4, 0.5) is 4.79 Å². The van der Waals surface area contributed by atoms with Crippen LogP contribution in [0.2, 0.25) is 0 Å². The molecule has 0 bridgehead atoms. The van der Waals surface area contributed by atoms with Crippen molar-refractivity contribution in [3.8, 4) is 0 Å². The summed E-state index contributed by atoms with van der Waals surface area (Å²) in [4.78, 5) is 41.4. The van der Waals surface area contributed by atoms with Gasteiger partial charge in [-0.05, 0) is 42.0 Å². The Morgan fingerprint density at radius 3 is 2.04 bits per heavy atom. The topological polar surface area (TPSA) is 57.7 Å². The highest BCUT2D eigenvalue weighted by Gasteiger charge is 2.61. The number of aryl methyl sites for hydroxylation is 1. The molecule has 1 saturated heterocycles. The van der Waals surface area contributed by atoms with E-state index in [4.69, 9.17) is 0 Å². The molecule has 0 aromatic heterocycles. The highest BCUT2D eigenvalue weighted by atomic mass is 16.2. The van der Waals surface area contributed by atoms with Crippen LogP contribution in [-0.2, 0) is 22.4 Å². The average molecular weight is 362 g/mol. The number of nitrogens with zero attached hydrogens (tertiary/aromatic N) is 2. The molecule has 1 aliphatic heterocycles. The third kappa shape index (κ3) is 2.34. The molecule has 0 saturated carbocycles. The zero-order chi connectivity index (χ0) is 19.3. The lowest BCUT2D eigenvalue weighted by Gasteiger charge is -2.48. The first-order chi connectivity index (χ1) is 12.9. The zero-order valence-corrected chi connectivity index (χ0v) is 15.7. The van der Waals surface area contributed by atoms with Crippen LogP contribution in [0.5, 0.6) is 0 Å². The van der Waals surface area contributed by atoms with Gasteiger partial charge in [0.25, 0.3) is 0 Å². The summed E-state index contributed by atoms with van der Waals surface area (Å²) in [5.41, 5.74) is 2.89. The lowest BCUT2D eigenvalue weighted by molar-refractivity contribution is -0.159. The number of urea groups is 1. The van der Waals surface area contributed by atoms with Crippen molar-refractivity contribution in [3.63, 3.8) is 0 Å². The fourth-order valence-corrected chi connectivity index (χ4v) is 4.64. The molecular weight excluding hydrogens is 340 g/mol. The number of carbonyl (C=O) groups is 3. The van der Waals surface area contributed by atoms with Crippen molar-refractivity contribution in [2.24, 2.45) is 5.41 Å². The predicted octanol–water partition coefficient (Wildman–Crippen LogP) is 2.91. The van der Waals surface area contributed by atoms with Crippen LogP contribution in [0, 0.1) is 12.3 Å². The van der Waals surface area contributed by atoms with Gasteiger partial charge in [0.2, 0.25) is 11.8 Å². The first-order valence-corrected chi connectivity index (χ1v) is 9.10. The fourth-order valence-electron chi connectivity index (χ4n) is 4.64. The Bertz CT molecular complexity index is 942. The third-order valence-electron chi connectivity index (χ3n) is 6.12. The lowest BCUT2D eigenvalue weighted by Crippen LogP contribution is -2.66. The van der Waals surface area contributed by atoms with Crippen molar-refractivity contribution in [3.05, 3.63) is 70.8 Å². The minimum Gasteiger partial charge on any atom is -0.273 e. The number of amides is 4. The highest BCUT2D eigenvalue weighted by Crippen LogP contribution is 2.50. The number of hydrogen-bond donors (Lipinski definition) is 0. The average Bonchev–Trinajstić information content (AvgIpc) is 2.69. The van der Waals surface area contributed by atoms with E-state index in [0.717, 1.165) is 32.1 Å². The van der Waals surface area contributed by atoms with Gasteiger partial charge in [-0.15, -0.1) is 0 Å². The van der Waals surface area contributed by atoms with Gasteiger partial charge in [0.1, 0.15) is 5.41 Å². The van der Waals surface area contributed by atoms with Crippen LogP contribution >= 0.6 is 0 Å². The molecule has 1 heterocycles. The second-order valence-corrected chi connectivity index (χ2v) is 7.54. The van der Waals surface area contributed by atoms with E-state index < -0.39 is 23.3 Å². The monoisotopic (exact) mass is 362 g/mol. The first-order valence-electron chi connectivity index (χ1n) is 9.10. The standard InChI is InChI=1S/C22H22N2O3/c1-14-8-4-7-11-17(14)18-12-15-9-5-6-10-16(15)13-22(18)19(25)23(2)21(27)24(3)20(22)26/h4-11,18H,12-13H2,1-3H3. The Hall–Kier alpha value is -2.95. The van der Waals surface area contributed by atoms with Crippen LogP contribution < -0.4 is 0 Å². The molecule has 0 radical (unpaired) electrons. The van der Waals surface area contributed by atoms with E-state index in [9.17, 15) is 14.4 Å². The van der Waals surface area contributed by atoms with Crippen molar-refractivity contribution < 1.29 is 14.4 Å². The zero-order valence-electron chi connectivity index (χ0n) is 15.7. The van der Waals surface area contributed by atoms with Crippen molar-refractivity contribution in [2.75, 3.05) is 14.1 Å². The molecular formula is C22H22N2O3. The Kier molecular flexibility index (Phi) is 3.91. The number of rotatable bonds is 1. The van der Waals surface area contributed by atoms with E-state index in [0.29, 0.717) is 12.8 Å². The normalized spacial score (nSPS) is 21.6. The molecule has 138 valence electrons. The quantitative estimate of drug-likeness (QED) is 0.733. The van der Waals surface area contributed by atoms with Crippen molar-refractivity contribution >= 4 is 17.8 Å². The van der Waals surface area contributed by atoms with Crippen molar-refractivity contribution in [1.29, 1.82) is 0 Å². The van der Waals surface area contributed by atoms with Gasteiger partial charge in [-0.1, -0.05) is 48.5 Å². The summed E-state index contributed by atoms with van der Waals surface area (Å²) in [6, 6.07) is 15.3. The molecule has 2 aromatic rings. The molecule has 1 fully saturated rings. The maximum atomic E-state index is 13.4. The summed E-state index contributed by atoms with van der Waals surface area (Å²) in [5.74, 6) is -1.12. The van der Waals surface area contributed by atoms with Crippen molar-refractivity contribution in [2.45, 2.75) is 25.7 Å². The number of fused-ring (bicyclic) bond motifs is 1. The first kappa shape index (κ1) is 17.5. The van der Waals surface area contributed by atoms with Gasteiger partial charge in [0.15, 0.2) is 0 Å². The Morgan fingerprint density at radius 2 is 1.41 bits per heavy atom. The van der Waals surface area contributed by atoms with E-state index in [1.54, 1.807) is 0 Å². The van der Waals surface area contributed by atoms with Gasteiger partial charge in [-0.25, -0.2) is 4.79 Å². The number of imide groups is 2. The van der Waals surface area contributed by atoms with Gasteiger partial charge >= 0.3 is 6.03 Å². The summed E-state index contributed by atoms with van der Waals surface area (Å²) in [6.45, 7) is 2.00. The molecule has 2 aliphatic rings. The van der Waals surface area contributed by atoms with Gasteiger partial charge < -0.3 is 0 Å². The molecule has 5 heteroatoms. The minimum absolute atomic E-state index is 0.307. The SMILES string of the molecule is Cc1ccccc1C1Cc2ccccc2CC12C(=O)N(C)C(=O)N(C)C2=O. The van der Waals surface area contributed by atoms with E-state index in [2.05, 4.69) is 6.07 Å². The van der Waals surface area contributed by atoms with Crippen LogP contribution in [-0.4, -0.2) is 41.7 Å². The molecule has 1 spiro atoms. The smallest absolute Gasteiger partial charge is 0.273 e. The van der Waals surface area contributed by atoms with Crippen molar-refractivity contribution in [1.82, 2.24) is 9.80 Å². The summed E-state index contributed by atoms with van der Waals surface area (Å²) in [5, 5.41) is 0. The molecule has 27 heavy (non-hydrogen) atoms. The molecule has 5 nitrogen and oxygen atoms in total. The number of barbiturate groups is 1. The number of carbonyl (C=O) groups excluding carboxylic acids is 3. The molecule has 1 atom stereocenters. The highest BCUT2D eigenvalue weighted by molar-refractivity contribution is 6.19. The fraction of sp³-hybridized carbons (Fsp3) is 0.318. The Morgan fingerprint density at radius 1 is 0.852 bits per heavy atom. The lowest BCUT2D eigenvalue weighted by atomic mass is 9.59. The van der Waals surface area contributed by atoms with Gasteiger partial charge in [-0.3, -0.25) is 19.4 Å². The maximum Gasteiger partial charge on any atom is 0.332 e. The molecule has 4 rings (SSSR count). The predicted molar refractivity (Wildman–Crippen MR) is 101 cm³/mol. The van der Waals surface area contributed by atoms with Crippen LogP contribution in [0.3, 0.4) is 0 Å². The molecule has 4 amide bonds. The minimum atomic E-state index is -1.29. The summed E-state index contributed by atoms with van der Waals surface area (Å²) in [7, 11) is 2.93. The summed E-state index contributed by atoms with van der Waals surface area (Å²) < 4.78 is 0. The van der Waals surface area contributed by atoms with E-state index in [1.165, 1.54) is 14.1 Å². The molecule has 1 unspecified atom stereocenters. The third-order valence-corrected chi connectivity index (χ3v) is 6.12. The largest absolute Gasteiger partial charge is 0.332 e. The van der Waals surface area contributed by atoms with E-state index in [1.807, 2.05) is 49.4 Å². The second kappa shape index (κ2) is 6.05. The van der Waals surface area contributed by atoms with E-state index >= 15 is 0 Å². The molecule has 2 aromatic carbocycles. The van der Waals surface area contributed by atoms with Gasteiger partial charge in [0.05, 0.1) is 0 Å². The molecule has 1 aliphatic carbocycles. The summed E-state index contributed by atoms with van der Waals surface area (Å²) >= 11 is 0. The van der Waals surface area contributed by atoms with E-state index in [-0.39, 0.29) is 5.92 Å². The second-order valence-electron chi connectivity index (χ2n) is 7.54. The number of benzene rings is 2.